The topological polar surface area (TPSA) is 80.4 Å². The van der Waals surface area contributed by atoms with Crippen LogP contribution in [0.4, 0.5) is 0 Å². The van der Waals surface area contributed by atoms with Gasteiger partial charge >= 0.3 is 0 Å². The summed E-state index contributed by atoms with van der Waals surface area (Å²) < 4.78 is 10.5. The second-order valence-electron chi connectivity index (χ2n) is 4.60. The zero-order chi connectivity index (χ0) is 15.9. The minimum atomic E-state index is -0.404. The fourth-order valence-corrected chi connectivity index (χ4v) is 2.08. The van der Waals surface area contributed by atoms with Crippen molar-refractivity contribution < 1.29 is 14.3 Å². The van der Waals surface area contributed by atoms with Crippen molar-refractivity contribution in [3.63, 3.8) is 0 Å². The van der Waals surface area contributed by atoms with E-state index >= 15 is 0 Å². The number of amides is 1. The third kappa shape index (κ3) is 3.66. The van der Waals surface area contributed by atoms with Gasteiger partial charge in [0.15, 0.2) is 0 Å². The molecule has 1 aromatic heterocycles. The first-order valence-electron chi connectivity index (χ1n) is 6.82. The molecular weight excluding hydrogens is 284 g/mol. The highest BCUT2D eigenvalue weighted by atomic mass is 16.5. The molecule has 0 aliphatic heterocycles. The Kier molecular flexibility index (Phi) is 5.19. The molecule has 1 amide bonds. The fourth-order valence-electron chi connectivity index (χ4n) is 2.08. The average molecular weight is 302 g/mol. The number of carbonyl (C=O) groups is 1. The predicted molar refractivity (Wildman–Crippen MR) is 82.6 cm³/mol. The summed E-state index contributed by atoms with van der Waals surface area (Å²) in [7, 11) is 3.18. The molecule has 0 bridgehead atoms. The summed E-state index contributed by atoms with van der Waals surface area (Å²) in [6.07, 6.45) is 2.05. The van der Waals surface area contributed by atoms with E-state index in [9.17, 15) is 9.59 Å². The number of pyridine rings is 1. The number of rotatable bonds is 6. The molecule has 0 spiro atoms. The molecule has 0 atom stereocenters. The Labute approximate surface area is 128 Å². The summed E-state index contributed by atoms with van der Waals surface area (Å²) in [5, 5.41) is 2.72. The Morgan fingerprint density at radius 3 is 2.73 bits per heavy atom. The summed E-state index contributed by atoms with van der Waals surface area (Å²) in [6, 6.07) is 8.59. The molecule has 0 fully saturated rings. The number of benzene rings is 1. The monoisotopic (exact) mass is 302 g/mol. The fraction of sp³-hybridized carbons (Fsp3) is 0.250. The number of aromatic nitrogens is 1. The zero-order valence-electron chi connectivity index (χ0n) is 12.5. The van der Waals surface area contributed by atoms with E-state index < -0.39 is 11.5 Å². The highest BCUT2D eigenvalue weighted by Gasteiger charge is 2.10. The van der Waals surface area contributed by atoms with Crippen LogP contribution in [0.2, 0.25) is 0 Å². The van der Waals surface area contributed by atoms with Crippen molar-refractivity contribution in [1.29, 1.82) is 0 Å². The number of aromatic amines is 1. The van der Waals surface area contributed by atoms with Crippen LogP contribution in [0.25, 0.3) is 0 Å². The molecule has 2 aromatic rings. The van der Waals surface area contributed by atoms with Crippen LogP contribution >= 0.6 is 0 Å². The van der Waals surface area contributed by atoms with E-state index in [4.69, 9.17) is 9.47 Å². The summed E-state index contributed by atoms with van der Waals surface area (Å²) in [6.45, 7) is 0.386. The third-order valence-corrected chi connectivity index (χ3v) is 3.23. The predicted octanol–water partition coefficient (Wildman–Crippen LogP) is 1.36. The van der Waals surface area contributed by atoms with Crippen LogP contribution in [-0.2, 0) is 6.42 Å². The number of methoxy groups -OCH3 is 2. The van der Waals surface area contributed by atoms with Crippen LogP contribution in [0.5, 0.6) is 11.5 Å². The third-order valence-electron chi connectivity index (χ3n) is 3.23. The van der Waals surface area contributed by atoms with Crippen molar-refractivity contribution in [2.45, 2.75) is 6.42 Å². The van der Waals surface area contributed by atoms with Crippen LogP contribution in [-0.4, -0.2) is 31.7 Å². The normalized spacial score (nSPS) is 10.1. The molecule has 6 heteroatoms. The Morgan fingerprint density at radius 2 is 2.05 bits per heavy atom. The van der Waals surface area contributed by atoms with Crippen LogP contribution in [0.3, 0.4) is 0 Å². The van der Waals surface area contributed by atoms with Crippen molar-refractivity contribution in [1.82, 2.24) is 10.3 Å². The summed E-state index contributed by atoms with van der Waals surface area (Å²) in [5.74, 6) is 1.05. The standard InChI is InChI=1S/C16H18N2O4/c1-21-12-5-6-14(22-2)11(10-12)7-9-18-16(20)13-4-3-8-17-15(13)19/h3-6,8,10H,7,9H2,1-2H3,(H,17,19)(H,18,20). The molecule has 1 heterocycles. The van der Waals surface area contributed by atoms with Crippen LogP contribution < -0.4 is 20.3 Å². The lowest BCUT2D eigenvalue weighted by molar-refractivity contribution is 0.0952. The Balaban J connectivity index is 2.00. The molecule has 0 saturated heterocycles. The molecule has 2 N–H and O–H groups in total. The number of hydrogen-bond donors (Lipinski definition) is 2. The van der Waals surface area contributed by atoms with Crippen molar-refractivity contribution in [3.8, 4) is 11.5 Å². The van der Waals surface area contributed by atoms with E-state index in [0.717, 1.165) is 17.1 Å². The van der Waals surface area contributed by atoms with E-state index in [2.05, 4.69) is 10.3 Å². The molecule has 0 unspecified atom stereocenters. The second-order valence-corrected chi connectivity index (χ2v) is 4.60. The molecule has 0 saturated carbocycles. The molecule has 6 nitrogen and oxygen atoms in total. The van der Waals surface area contributed by atoms with Gasteiger partial charge in [-0.25, -0.2) is 0 Å². The summed E-state index contributed by atoms with van der Waals surface area (Å²) >= 11 is 0. The number of H-pyrrole nitrogens is 1. The van der Waals surface area contributed by atoms with Gasteiger partial charge in [0.25, 0.3) is 11.5 Å². The number of carbonyl (C=O) groups excluding carboxylic acids is 1. The van der Waals surface area contributed by atoms with Crippen LogP contribution in [0, 0.1) is 0 Å². The van der Waals surface area contributed by atoms with E-state index in [1.54, 1.807) is 20.3 Å². The number of hydrogen-bond acceptors (Lipinski definition) is 4. The van der Waals surface area contributed by atoms with Gasteiger partial charge in [-0.2, -0.15) is 0 Å². The second kappa shape index (κ2) is 7.31. The van der Waals surface area contributed by atoms with Crippen molar-refractivity contribution in [2.24, 2.45) is 0 Å². The van der Waals surface area contributed by atoms with Crippen LogP contribution in [0.1, 0.15) is 15.9 Å². The molecule has 0 aliphatic rings. The Morgan fingerprint density at radius 1 is 1.23 bits per heavy atom. The Bertz CT molecular complexity index is 709. The first-order valence-corrected chi connectivity index (χ1v) is 6.82. The maximum atomic E-state index is 11.9. The Hall–Kier alpha value is -2.76. The van der Waals surface area contributed by atoms with Crippen LogP contribution in [0.15, 0.2) is 41.3 Å². The molecule has 22 heavy (non-hydrogen) atoms. The zero-order valence-corrected chi connectivity index (χ0v) is 12.5. The molecular formula is C16H18N2O4. The van der Waals surface area contributed by atoms with Gasteiger partial charge in [-0.05, 0) is 42.3 Å². The maximum Gasteiger partial charge on any atom is 0.260 e. The van der Waals surface area contributed by atoms with E-state index in [-0.39, 0.29) is 5.56 Å². The highest BCUT2D eigenvalue weighted by molar-refractivity contribution is 5.93. The summed E-state index contributed by atoms with van der Waals surface area (Å²) in [4.78, 5) is 25.9. The molecule has 0 radical (unpaired) electrons. The van der Waals surface area contributed by atoms with Crippen molar-refractivity contribution in [3.05, 3.63) is 58.0 Å². The number of nitrogens with one attached hydrogen (secondary N) is 2. The van der Waals surface area contributed by atoms with Gasteiger partial charge in [-0.3, -0.25) is 9.59 Å². The van der Waals surface area contributed by atoms with Gasteiger partial charge in [0.2, 0.25) is 0 Å². The quantitative estimate of drug-likeness (QED) is 0.844. The van der Waals surface area contributed by atoms with Gasteiger partial charge in [0.05, 0.1) is 14.2 Å². The van der Waals surface area contributed by atoms with E-state index in [1.165, 1.54) is 12.3 Å². The van der Waals surface area contributed by atoms with E-state index in [0.29, 0.717) is 13.0 Å². The van der Waals surface area contributed by atoms with Gasteiger partial charge in [0.1, 0.15) is 17.1 Å². The maximum absolute atomic E-state index is 11.9. The molecule has 0 aliphatic carbocycles. The minimum Gasteiger partial charge on any atom is -0.497 e. The lowest BCUT2D eigenvalue weighted by atomic mass is 10.1. The van der Waals surface area contributed by atoms with Crippen molar-refractivity contribution in [2.75, 3.05) is 20.8 Å². The lowest BCUT2D eigenvalue weighted by Crippen LogP contribution is -2.30. The lowest BCUT2D eigenvalue weighted by Gasteiger charge is -2.11. The van der Waals surface area contributed by atoms with Gasteiger partial charge in [-0.1, -0.05) is 0 Å². The molecule has 2 rings (SSSR count). The van der Waals surface area contributed by atoms with Gasteiger partial charge in [-0.15, -0.1) is 0 Å². The molecule has 116 valence electrons. The molecule has 1 aromatic carbocycles. The van der Waals surface area contributed by atoms with Gasteiger partial charge < -0.3 is 19.8 Å². The largest absolute Gasteiger partial charge is 0.497 e. The highest BCUT2D eigenvalue weighted by Crippen LogP contribution is 2.24. The smallest absolute Gasteiger partial charge is 0.260 e. The SMILES string of the molecule is COc1ccc(OC)c(CCNC(=O)c2ccc[nH]c2=O)c1. The van der Waals surface area contributed by atoms with Gasteiger partial charge in [0, 0.05) is 12.7 Å². The van der Waals surface area contributed by atoms with E-state index in [1.807, 2.05) is 18.2 Å². The first kappa shape index (κ1) is 15.6. The first-order chi connectivity index (χ1) is 10.7. The number of ether oxygens (including phenoxy) is 2. The minimum absolute atomic E-state index is 0.0973. The average Bonchev–Trinajstić information content (AvgIpc) is 2.55. The summed E-state index contributed by atoms with van der Waals surface area (Å²) in [5.41, 5.74) is 0.614. The van der Waals surface area contributed by atoms with Crippen molar-refractivity contribution >= 4 is 5.91 Å².